The molecule has 0 unspecified atom stereocenters. The number of amides is 1. The van der Waals surface area contributed by atoms with Crippen molar-refractivity contribution in [2.45, 2.75) is 12.8 Å². The summed E-state index contributed by atoms with van der Waals surface area (Å²) < 4.78 is 5.18. The molecule has 0 fully saturated rings. The van der Waals surface area contributed by atoms with E-state index < -0.39 is 0 Å². The monoisotopic (exact) mass is 297 g/mol. The average molecular weight is 298 g/mol. The second kappa shape index (κ2) is 6.64. The minimum absolute atomic E-state index is 0.0510. The lowest BCUT2D eigenvalue weighted by Gasteiger charge is -2.05. The van der Waals surface area contributed by atoms with Crippen molar-refractivity contribution in [2.24, 2.45) is 0 Å². The number of rotatable bonds is 5. The Balaban J connectivity index is 1.79. The normalized spacial score (nSPS) is 10.4. The molecule has 0 atom stereocenters. The van der Waals surface area contributed by atoms with Crippen molar-refractivity contribution < 1.29 is 9.21 Å². The number of nitrogens with one attached hydrogen (secondary N) is 1. The Morgan fingerprint density at radius 1 is 1.21 bits per heavy atom. The average Bonchev–Trinajstić information content (AvgIpc) is 2.87. The lowest BCUT2D eigenvalue weighted by Crippen LogP contribution is -2.27. The van der Waals surface area contributed by atoms with Gasteiger partial charge >= 0.3 is 0 Å². The Labute approximate surface area is 121 Å². The zero-order valence-electron chi connectivity index (χ0n) is 10.2. The smallest absolute Gasteiger partial charge is 0.224 e. The van der Waals surface area contributed by atoms with Crippen LogP contribution in [0.4, 0.5) is 0 Å². The van der Waals surface area contributed by atoms with E-state index in [1.807, 2.05) is 12.1 Å². The Bertz CT molecular complexity index is 553. The van der Waals surface area contributed by atoms with Crippen LogP contribution in [0, 0.1) is 0 Å². The van der Waals surface area contributed by atoms with Gasteiger partial charge in [0.15, 0.2) is 0 Å². The van der Waals surface area contributed by atoms with Gasteiger partial charge in [-0.3, -0.25) is 4.79 Å². The van der Waals surface area contributed by atoms with Crippen LogP contribution < -0.4 is 5.32 Å². The van der Waals surface area contributed by atoms with Gasteiger partial charge in [-0.05, 0) is 29.8 Å². The molecule has 1 aromatic heterocycles. The number of benzene rings is 1. The summed E-state index contributed by atoms with van der Waals surface area (Å²) in [6.07, 6.45) is 2.59. The summed E-state index contributed by atoms with van der Waals surface area (Å²) in [6, 6.07) is 8.89. The maximum atomic E-state index is 11.7. The first-order chi connectivity index (χ1) is 9.15. The Hall–Kier alpha value is -1.45. The molecule has 2 rings (SSSR count). The number of hydrogen-bond donors (Lipinski definition) is 1. The molecular formula is C14H13Cl2NO2. The van der Waals surface area contributed by atoms with E-state index in [0.29, 0.717) is 23.0 Å². The van der Waals surface area contributed by atoms with Gasteiger partial charge in [0.2, 0.25) is 5.91 Å². The third kappa shape index (κ3) is 4.30. The molecule has 0 bridgehead atoms. The van der Waals surface area contributed by atoms with Crippen LogP contribution in [-0.2, 0) is 17.6 Å². The molecule has 0 saturated carbocycles. The lowest BCUT2D eigenvalue weighted by molar-refractivity contribution is -0.120. The predicted octanol–water partition coefficient (Wildman–Crippen LogP) is 3.49. The van der Waals surface area contributed by atoms with Crippen molar-refractivity contribution in [1.82, 2.24) is 5.32 Å². The van der Waals surface area contributed by atoms with Crippen LogP contribution in [0.1, 0.15) is 11.3 Å². The fourth-order valence-electron chi connectivity index (χ4n) is 1.68. The van der Waals surface area contributed by atoms with E-state index in [2.05, 4.69) is 5.32 Å². The topological polar surface area (TPSA) is 42.2 Å². The highest BCUT2D eigenvalue weighted by Crippen LogP contribution is 2.22. The Morgan fingerprint density at radius 3 is 2.74 bits per heavy atom. The van der Waals surface area contributed by atoms with Gasteiger partial charge in [0.25, 0.3) is 0 Å². The number of hydrogen-bond acceptors (Lipinski definition) is 2. The highest BCUT2D eigenvalue weighted by atomic mass is 35.5. The summed E-state index contributed by atoms with van der Waals surface area (Å²) in [6.45, 7) is 0.549. The molecule has 1 aromatic carbocycles. The summed E-state index contributed by atoms with van der Waals surface area (Å²) in [5, 5.41) is 3.78. The molecule has 0 radical (unpaired) electrons. The maximum absolute atomic E-state index is 11.7. The molecule has 0 aliphatic rings. The fraction of sp³-hybridized carbons (Fsp3) is 0.214. The molecule has 0 aliphatic heterocycles. The largest absolute Gasteiger partial charge is 0.469 e. The molecule has 5 heteroatoms. The third-order valence-electron chi connectivity index (χ3n) is 2.62. The number of carbonyl (C=O) groups excluding carboxylic acids is 1. The Kier molecular flexibility index (Phi) is 4.88. The van der Waals surface area contributed by atoms with Crippen LogP contribution in [0.5, 0.6) is 0 Å². The number of carbonyl (C=O) groups is 1. The molecule has 2 aromatic rings. The SMILES string of the molecule is O=C(Cc1ccc(Cl)c(Cl)c1)NCCc1ccco1. The number of furan rings is 1. The first kappa shape index (κ1) is 14.0. The van der Waals surface area contributed by atoms with Crippen molar-refractivity contribution in [2.75, 3.05) is 6.54 Å². The summed E-state index contributed by atoms with van der Waals surface area (Å²) in [5.41, 5.74) is 0.838. The third-order valence-corrected chi connectivity index (χ3v) is 3.36. The van der Waals surface area contributed by atoms with Crippen LogP contribution in [0.3, 0.4) is 0 Å². The lowest BCUT2D eigenvalue weighted by atomic mass is 10.1. The van der Waals surface area contributed by atoms with E-state index in [-0.39, 0.29) is 12.3 Å². The summed E-state index contributed by atoms with van der Waals surface area (Å²) in [5.74, 6) is 0.805. The summed E-state index contributed by atoms with van der Waals surface area (Å²) in [7, 11) is 0. The van der Waals surface area contributed by atoms with E-state index in [0.717, 1.165) is 11.3 Å². The molecule has 1 heterocycles. The molecular weight excluding hydrogens is 285 g/mol. The van der Waals surface area contributed by atoms with Gasteiger partial charge in [0.05, 0.1) is 22.7 Å². The maximum Gasteiger partial charge on any atom is 0.224 e. The van der Waals surface area contributed by atoms with Gasteiger partial charge in [-0.25, -0.2) is 0 Å². The Morgan fingerprint density at radius 2 is 2.05 bits per heavy atom. The minimum Gasteiger partial charge on any atom is -0.469 e. The van der Waals surface area contributed by atoms with Gasteiger partial charge in [-0.2, -0.15) is 0 Å². The van der Waals surface area contributed by atoms with E-state index in [9.17, 15) is 4.79 Å². The van der Waals surface area contributed by atoms with Crippen LogP contribution in [0.25, 0.3) is 0 Å². The van der Waals surface area contributed by atoms with Gasteiger partial charge in [0, 0.05) is 13.0 Å². The minimum atomic E-state index is -0.0510. The van der Waals surface area contributed by atoms with E-state index in [4.69, 9.17) is 27.6 Å². The molecule has 3 nitrogen and oxygen atoms in total. The van der Waals surface area contributed by atoms with Gasteiger partial charge < -0.3 is 9.73 Å². The van der Waals surface area contributed by atoms with Crippen LogP contribution in [0.2, 0.25) is 10.0 Å². The van der Waals surface area contributed by atoms with E-state index in [1.165, 1.54) is 0 Å². The van der Waals surface area contributed by atoms with Crippen LogP contribution >= 0.6 is 23.2 Å². The fourth-order valence-corrected chi connectivity index (χ4v) is 2.00. The summed E-state index contributed by atoms with van der Waals surface area (Å²) >= 11 is 11.7. The zero-order valence-corrected chi connectivity index (χ0v) is 11.7. The van der Waals surface area contributed by atoms with Gasteiger partial charge in [-0.15, -0.1) is 0 Å². The van der Waals surface area contributed by atoms with Gasteiger partial charge in [-0.1, -0.05) is 29.3 Å². The van der Waals surface area contributed by atoms with E-state index in [1.54, 1.807) is 24.5 Å². The molecule has 0 saturated heterocycles. The van der Waals surface area contributed by atoms with Crippen molar-refractivity contribution in [1.29, 1.82) is 0 Å². The van der Waals surface area contributed by atoms with Gasteiger partial charge in [0.1, 0.15) is 5.76 Å². The highest BCUT2D eigenvalue weighted by molar-refractivity contribution is 6.42. The molecule has 19 heavy (non-hydrogen) atoms. The van der Waals surface area contributed by atoms with Crippen molar-refractivity contribution in [3.8, 4) is 0 Å². The molecule has 0 spiro atoms. The van der Waals surface area contributed by atoms with Crippen LogP contribution in [-0.4, -0.2) is 12.5 Å². The van der Waals surface area contributed by atoms with Crippen molar-refractivity contribution in [3.05, 3.63) is 58.0 Å². The quantitative estimate of drug-likeness (QED) is 0.918. The second-order valence-electron chi connectivity index (χ2n) is 4.10. The van der Waals surface area contributed by atoms with Crippen LogP contribution in [0.15, 0.2) is 41.0 Å². The molecule has 1 N–H and O–H groups in total. The second-order valence-corrected chi connectivity index (χ2v) is 4.92. The molecule has 1 amide bonds. The molecule has 100 valence electrons. The van der Waals surface area contributed by atoms with Crippen molar-refractivity contribution >= 4 is 29.1 Å². The molecule has 0 aliphatic carbocycles. The first-order valence-corrected chi connectivity index (χ1v) is 6.64. The predicted molar refractivity (Wildman–Crippen MR) is 75.6 cm³/mol. The standard InChI is InChI=1S/C14H13Cl2NO2/c15-12-4-3-10(8-13(12)16)9-14(18)17-6-5-11-2-1-7-19-11/h1-4,7-8H,5-6,9H2,(H,17,18). The highest BCUT2D eigenvalue weighted by Gasteiger charge is 2.05. The number of halogens is 2. The first-order valence-electron chi connectivity index (χ1n) is 5.88. The van der Waals surface area contributed by atoms with Crippen molar-refractivity contribution in [3.63, 3.8) is 0 Å². The zero-order chi connectivity index (χ0) is 13.7. The summed E-state index contributed by atoms with van der Waals surface area (Å²) in [4.78, 5) is 11.7. The van der Waals surface area contributed by atoms with E-state index >= 15 is 0 Å².